The third kappa shape index (κ3) is 9.94. The van der Waals surface area contributed by atoms with Gasteiger partial charge in [0, 0.05) is 10.5 Å². The van der Waals surface area contributed by atoms with Crippen molar-refractivity contribution in [3.63, 3.8) is 0 Å². The van der Waals surface area contributed by atoms with E-state index in [-0.39, 0.29) is 0 Å². The van der Waals surface area contributed by atoms with Gasteiger partial charge in [0.05, 0.1) is 11.4 Å². The smallest absolute Gasteiger partial charge is 0.460 e. The summed E-state index contributed by atoms with van der Waals surface area (Å²) in [4.78, 5) is 1.03. The van der Waals surface area contributed by atoms with Crippen LogP contribution < -0.4 is 0 Å². The molecule has 0 saturated carbocycles. The van der Waals surface area contributed by atoms with Crippen LogP contribution in [0, 0.1) is 5.92 Å². The van der Waals surface area contributed by atoms with Crippen molar-refractivity contribution in [2.24, 2.45) is 5.92 Å². The van der Waals surface area contributed by atoms with E-state index >= 15 is 0 Å². The molecule has 0 heterocycles. The molecule has 0 bridgehead atoms. The fourth-order valence-electron chi connectivity index (χ4n) is 3.44. The zero-order chi connectivity index (χ0) is 31.8. The number of hydrogen-bond acceptors (Lipinski definition) is 4. The van der Waals surface area contributed by atoms with Crippen molar-refractivity contribution in [1.82, 2.24) is 0 Å². The number of rotatable bonds is 6. The average molecular weight is 652 g/mol. The van der Waals surface area contributed by atoms with Gasteiger partial charge >= 0.3 is 23.3 Å². The Balaban J connectivity index is 0.000000400. The van der Waals surface area contributed by atoms with Gasteiger partial charge in [0.15, 0.2) is 0 Å². The van der Waals surface area contributed by atoms with E-state index in [9.17, 15) is 39.5 Å². The summed E-state index contributed by atoms with van der Waals surface area (Å²) in [7, 11) is 0. The van der Waals surface area contributed by atoms with Crippen LogP contribution in [0.1, 0.15) is 19.4 Å². The van der Waals surface area contributed by atoms with Crippen molar-refractivity contribution in [2.45, 2.75) is 48.4 Å². The van der Waals surface area contributed by atoms with Gasteiger partial charge in [-0.3, -0.25) is 0 Å². The molecule has 15 heteroatoms. The van der Waals surface area contributed by atoms with Crippen LogP contribution >= 0.6 is 25.3 Å². The summed E-state index contributed by atoms with van der Waals surface area (Å²) in [5.74, 6) is -12.8. The first-order valence-corrected chi connectivity index (χ1v) is 13.2. The Morgan fingerprint density at radius 2 is 1.15 bits per heavy atom. The van der Waals surface area contributed by atoms with Crippen LogP contribution in [0.4, 0.5) is 39.5 Å². The summed E-state index contributed by atoms with van der Waals surface area (Å²) >= 11 is 3.60. The van der Waals surface area contributed by atoms with E-state index in [2.05, 4.69) is 86.6 Å². The van der Waals surface area contributed by atoms with Crippen molar-refractivity contribution in [3.05, 3.63) is 78.4 Å². The lowest BCUT2D eigenvalue weighted by Gasteiger charge is -2.30. The van der Waals surface area contributed by atoms with E-state index in [4.69, 9.17) is 25.9 Å². The molecular formula is C26H24F9O3S3-. The molecule has 0 saturated heterocycles. The van der Waals surface area contributed by atoms with Gasteiger partial charge in [-0.05, 0) is 40.7 Å². The van der Waals surface area contributed by atoms with Crippen molar-refractivity contribution in [3.8, 4) is 22.3 Å². The van der Waals surface area contributed by atoms with Crippen molar-refractivity contribution in [1.29, 1.82) is 0 Å². The minimum atomic E-state index is -6.84. The molecule has 0 radical (unpaired) electrons. The summed E-state index contributed by atoms with van der Waals surface area (Å²) in [6.45, 7) is 4.54. The van der Waals surface area contributed by atoms with Crippen LogP contribution in [0.3, 0.4) is 0 Å². The van der Waals surface area contributed by atoms with Gasteiger partial charge < -0.3 is 9.11 Å². The van der Waals surface area contributed by atoms with Crippen LogP contribution in [0.25, 0.3) is 22.3 Å². The molecule has 3 aromatic rings. The van der Waals surface area contributed by atoms with Gasteiger partial charge in [0.2, 0.25) is 0 Å². The molecule has 0 fully saturated rings. The minimum absolute atomic E-state index is 0.617. The van der Waals surface area contributed by atoms with Crippen LogP contribution in [0.15, 0.2) is 77.7 Å². The maximum absolute atomic E-state index is 11.9. The van der Waals surface area contributed by atoms with Crippen molar-refractivity contribution >= 4 is 36.6 Å². The topological polar surface area (TPSA) is 60.4 Å². The van der Waals surface area contributed by atoms with Gasteiger partial charge in [-0.15, -0.1) is 12.6 Å². The highest BCUT2D eigenvalue weighted by atomic mass is 32.2. The lowest BCUT2D eigenvalue weighted by Crippen LogP contribution is -2.59. The first-order valence-electron chi connectivity index (χ1n) is 11.3. The Labute approximate surface area is 244 Å². The first kappa shape index (κ1) is 36.8. The van der Waals surface area contributed by atoms with E-state index in [1.807, 2.05) is 0 Å². The molecule has 0 aliphatic carbocycles. The molecule has 41 heavy (non-hydrogen) atoms. The monoisotopic (exact) mass is 651 g/mol. The first-order chi connectivity index (χ1) is 18.6. The van der Waals surface area contributed by atoms with Gasteiger partial charge in [-0.25, -0.2) is 4.21 Å². The standard InChI is InChI=1S/C22H22S.C4HF9S.H2O3S/c1-16(2)15-19-13-14-20(23)22(18-11-7-4-8-12-18)21(19)17-9-5-3-6-10-17;5-1(6,3(9,10)11)2(7,8)4(12,13)14;1-4(2)3/h3-14,16,23H,15H2,1-2H3;14H;(H2,1,2,3)/p-1. The van der Waals surface area contributed by atoms with E-state index in [1.165, 1.54) is 27.8 Å². The zero-order valence-corrected chi connectivity index (χ0v) is 23.8. The van der Waals surface area contributed by atoms with Crippen LogP contribution in [-0.2, 0) is 17.8 Å². The van der Waals surface area contributed by atoms with Crippen LogP contribution in [0.5, 0.6) is 0 Å². The Morgan fingerprint density at radius 3 is 1.46 bits per heavy atom. The fourth-order valence-corrected chi connectivity index (χ4v) is 3.90. The molecular weight excluding hydrogens is 627 g/mol. The average Bonchev–Trinajstić information content (AvgIpc) is 2.84. The largest absolute Gasteiger partial charge is 0.750 e. The molecule has 0 aliphatic heterocycles. The van der Waals surface area contributed by atoms with Crippen LogP contribution in [0.2, 0.25) is 0 Å². The molecule has 0 aliphatic rings. The minimum Gasteiger partial charge on any atom is -0.750 e. The summed E-state index contributed by atoms with van der Waals surface area (Å²) in [5, 5.41) is -5.77. The lowest BCUT2D eigenvalue weighted by atomic mass is 9.87. The molecule has 1 N–H and O–H groups in total. The lowest BCUT2D eigenvalue weighted by molar-refractivity contribution is -0.380. The molecule has 228 valence electrons. The van der Waals surface area contributed by atoms with E-state index in [1.54, 1.807) is 12.6 Å². The summed E-state index contributed by atoms with van der Waals surface area (Å²) in [6.07, 6.45) is -5.71. The normalized spacial score (nSPS) is 13.1. The number of hydrogen-bond donors (Lipinski definition) is 3. The quantitative estimate of drug-likeness (QED) is 0.142. The molecule has 0 aromatic heterocycles. The molecule has 0 spiro atoms. The Morgan fingerprint density at radius 1 is 0.756 bits per heavy atom. The zero-order valence-electron chi connectivity index (χ0n) is 21.2. The third-order valence-electron chi connectivity index (χ3n) is 5.15. The Kier molecular flexibility index (Phi) is 13.3. The highest BCUT2D eigenvalue weighted by Gasteiger charge is 2.81. The fraction of sp³-hybridized carbons (Fsp3) is 0.308. The van der Waals surface area contributed by atoms with E-state index < -0.39 is 34.6 Å². The number of halogens is 9. The van der Waals surface area contributed by atoms with Crippen molar-refractivity contribution < 1.29 is 52.8 Å². The maximum Gasteiger partial charge on any atom is 0.460 e. The second kappa shape index (κ2) is 14.8. The van der Waals surface area contributed by atoms with E-state index in [0.717, 1.165) is 11.3 Å². The van der Waals surface area contributed by atoms with Crippen molar-refractivity contribution in [2.75, 3.05) is 0 Å². The number of alkyl halides is 9. The highest BCUT2D eigenvalue weighted by molar-refractivity contribution is 7.81. The second-order valence-corrected chi connectivity index (χ2v) is 10.2. The van der Waals surface area contributed by atoms with Crippen LogP contribution in [-0.4, -0.2) is 36.6 Å². The summed E-state index contributed by atoms with van der Waals surface area (Å²) in [6, 6.07) is 25.6. The molecule has 3 nitrogen and oxygen atoms in total. The maximum atomic E-state index is 11.9. The van der Waals surface area contributed by atoms with E-state index in [0.29, 0.717) is 5.92 Å². The molecule has 3 rings (SSSR count). The third-order valence-corrected chi connectivity index (χ3v) is 5.80. The molecule has 3 aromatic carbocycles. The Hall–Kier alpha value is -2.20. The Bertz CT molecular complexity index is 1240. The van der Waals surface area contributed by atoms with Gasteiger partial charge in [0.1, 0.15) is 0 Å². The molecule has 1 atom stereocenters. The SMILES string of the molecule is CC(C)Cc1ccc(S)c(-c2ccccc2)c1-c1ccccc1.FC(F)(F)C(F)(F)C(F)(F)C(F)(F)S.O=S([O-])O. The van der Waals surface area contributed by atoms with Gasteiger partial charge in [-0.2, -0.15) is 39.5 Å². The molecule has 0 amide bonds. The predicted molar refractivity (Wildman–Crippen MR) is 145 cm³/mol. The number of thiol groups is 2. The summed E-state index contributed by atoms with van der Waals surface area (Å²) < 4.78 is 129. The predicted octanol–water partition coefficient (Wildman–Crippen LogP) is 9.19. The van der Waals surface area contributed by atoms with Gasteiger partial charge in [0.25, 0.3) is 0 Å². The summed E-state index contributed by atoms with van der Waals surface area (Å²) in [5.41, 5.74) is 6.43. The second-order valence-electron chi connectivity index (χ2n) is 8.73. The van der Waals surface area contributed by atoms with Gasteiger partial charge in [-0.1, -0.05) is 93.2 Å². The number of benzene rings is 3. The molecule has 1 unspecified atom stereocenters. The highest BCUT2D eigenvalue weighted by Crippen LogP contribution is 2.54.